The molecule has 0 aliphatic rings. The van der Waals surface area contributed by atoms with E-state index in [-0.39, 0.29) is 46.3 Å². The molecular formula is C28H22F2N6O2. The molecule has 2 aromatic heterocycles. The van der Waals surface area contributed by atoms with Gasteiger partial charge in [-0.2, -0.15) is 0 Å². The first-order chi connectivity index (χ1) is 18.3. The molecule has 0 amide bonds. The Balaban J connectivity index is 1.61. The molecule has 10 heteroatoms. The van der Waals surface area contributed by atoms with Crippen molar-refractivity contribution in [2.24, 2.45) is 0 Å². The van der Waals surface area contributed by atoms with E-state index in [9.17, 15) is 18.7 Å². The monoisotopic (exact) mass is 512 g/mol. The van der Waals surface area contributed by atoms with E-state index in [1.54, 1.807) is 18.2 Å². The molecule has 0 aliphatic carbocycles. The Labute approximate surface area is 215 Å². The minimum Gasteiger partial charge on any atom is -0.505 e. The summed E-state index contributed by atoms with van der Waals surface area (Å²) in [7, 11) is 0. The maximum absolute atomic E-state index is 14.9. The van der Waals surface area contributed by atoms with E-state index in [1.807, 2.05) is 25.1 Å². The molecular weight excluding hydrogens is 490 g/mol. The highest BCUT2D eigenvalue weighted by Gasteiger charge is 2.19. The largest absolute Gasteiger partial charge is 0.505 e. The average molecular weight is 513 g/mol. The third-order valence-corrected chi connectivity index (χ3v) is 6.22. The standard InChI is InChI=1S/C28H22F2N6O2/c1-15-5-4-6-16-11-18(36(28(38)23(15)16)21-8-3-2-7-19(21)29)13-33-27-24(26(32)34-14-35-27)25(31)17-9-10-20(30)22(37)12-17/h2-12,14,31,37H,13H2,1H3,(H3,32,33,34,35). The molecule has 0 spiro atoms. The number of para-hydroxylation sites is 1. The van der Waals surface area contributed by atoms with E-state index < -0.39 is 17.4 Å². The number of anilines is 2. The van der Waals surface area contributed by atoms with Crippen LogP contribution in [0.15, 0.2) is 77.9 Å². The predicted molar refractivity (Wildman–Crippen MR) is 142 cm³/mol. The van der Waals surface area contributed by atoms with Gasteiger partial charge in [0.1, 0.15) is 23.8 Å². The summed E-state index contributed by atoms with van der Waals surface area (Å²) in [6, 6.07) is 16.7. The molecule has 0 atom stereocenters. The van der Waals surface area contributed by atoms with Crippen molar-refractivity contribution >= 4 is 28.1 Å². The number of nitrogens with two attached hydrogens (primary N) is 1. The maximum Gasteiger partial charge on any atom is 0.263 e. The molecule has 8 nitrogen and oxygen atoms in total. The molecule has 0 radical (unpaired) electrons. The number of fused-ring (bicyclic) bond motifs is 1. The van der Waals surface area contributed by atoms with Crippen LogP contribution in [0.5, 0.6) is 5.75 Å². The zero-order chi connectivity index (χ0) is 27.0. The molecule has 0 saturated carbocycles. The average Bonchev–Trinajstić information content (AvgIpc) is 2.89. The number of rotatable bonds is 6. The van der Waals surface area contributed by atoms with Gasteiger partial charge in [0.05, 0.1) is 28.9 Å². The van der Waals surface area contributed by atoms with E-state index in [0.29, 0.717) is 16.5 Å². The third-order valence-electron chi connectivity index (χ3n) is 6.22. The lowest BCUT2D eigenvalue weighted by atomic mass is 10.0. The number of hydrogen-bond acceptors (Lipinski definition) is 7. The number of pyridine rings is 1. The minimum atomic E-state index is -0.824. The lowest BCUT2D eigenvalue weighted by Crippen LogP contribution is -2.25. The Morgan fingerprint density at radius 1 is 1.05 bits per heavy atom. The number of nitrogens with one attached hydrogen (secondary N) is 2. The lowest BCUT2D eigenvalue weighted by molar-refractivity contribution is 0.432. The molecule has 5 aromatic rings. The summed E-state index contributed by atoms with van der Waals surface area (Å²) in [5, 5.41) is 22.7. The minimum absolute atomic E-state index is 0.0128. The van der Waals surface area contributed by atoms with Crippen molar-refractivity contribution in [3.05, 3.63) is 117 Å². The van der Waals surface area contributed by atoms with Crippen LogP contribution < -0.4 is 16.6 Å². The summed E-state index contributed by atoms with van der Waals surface area (Å²) in [5.74, 6) is -1.85. The molecule has 5 rings (SSSR count). The van der Waals surface area contributed by atoms with Gasteiger partial charge >= 0.3 is 0 Å². The summed E-state index contributed by atoms with van der Waals surface area (Å²) in [5.41, 5.74) is 7.16. The second kappa shape index (κ2) is 9.74. The molecule has 2 heterocycles. The van der Waals surface area contributed by atoms with Gasteiger partial charge in [-0.15, -0.1) is 0 Å². The predicted octanol–water partition coefficient (Wildman–Crippen LogP) is 4.68. The Morgan fingerprint density at radius 3 is 2.61 bits per heavy atom. The molecule has 0 unspecified atom stereocenters. The summed E-state index contributed by atoms with van der Waals surface area (Å²) >= 11 is 0. The van der Waals surface area contributed by atoms with Crippen LogP contribution in [0.3, 0.4) is 0 Å². The van der Waals surface area contributed by atoms with Gasteiger partial charge in [-0.05, 0) is 54.3 Å². The van der Waals surface area contributed by atoms with Crippen molar-refractivity contribution in [1.29, 1.82) is 5.41 Å². The highest BCUT2D eigenvalue weighted by atomic mass is 19.1. The quantitative estimate of drug-likeness (QED) is 0.244. The van der Waals surface area contributed by atoms with Gasteiger partial charge < -0.3 is 16.2 Å². The Hall–Kier alpha value is -5.12. The first-order valence-corrected chi connectivity index (χ1v) is 11.6. The number of nitrogen functional groups attached to an aromatic ring is 1. The molecule has 0 bridgehead atoms. The number of nitrogens with zero attached hydrogens (tertiary/aromatic N) is 3. The molecule has 0 fully saturated rings. The maximum atomic E-state index is 14.9. The summed E-state index contributed by atoms with van der Waals surface area (Å²) in [4.78, 5) is 21.8. The number of phenolic OH excluding ortho intramolecular Hbond substituents is 1. The van der Waals surface area contributed by atoms with E-state index in [2.05, 4.69) is 15.3 Å². The van der Waals surface area contributed by atoms with Crippen LogP contribution in [0.2, 0.25) is 0 Å². The van der Waals surface area contributed by atoms with Crippen LogP contribution in [0, 0.1) is 24.0 Å². The molecule has 0 aliphatic heterocycles. The molecule has 38 heavy (non-hydrogen) atoms. The summed E-state index contributed by atoms with van der Waals surface area (Å²) in [6.45, 7) is 1.83. The van der Waals surface area contributed by atoms with Gasteiger partial charge in [0.15, 0.2) is 11.6 Å². The van der Waals surface area contributed by atoms with Gasteiger partial charge in [0.25, 0.3) is 5.56 Å². The van der Waals surface area contributed by atoms with Crippen LogP contribution in [0.1, 0.15) is 22.4 Å². The van der Waals surface area contributed by atoms with Gasteiger partial charge in [0.2, 0.25) is 0 Å². The first kappa shape index (κ1) is 24.6. The van der Waals surface area contributed by atoms with Gasteiger partial charge in [-0.3, -0.25) is 14.8 Å². The topological polar surface area (TPSA) is 130 Å². The smallest absolute Gasteiger partial charge is 0.263 e. The van der Waals surface area contributed by atoms with Gasteiger partial charge in [-0.1, -0.05) is 30.3 Å². The van der Waals surface area contributed by atoms with Gasteiger partial charge in [0, 0.05) is 11.3 Å². The summed E-state index contributed by atoms with van der Waals surface area (Å²) in [6.07, 6.45) is 1.21. The number of benzene rings is 3. The highest BCUT2D eigenvalue weighted by Crippen LogP contribution is 2.26. The first-order valence-electron chi connectivity index (χ1n) is 11.6. The van der Waals surface area contributed by atoms with Crippen LogP contribution in [0.25, 0.3) is 16.5 Å². The number of phenols is 1. The SMILES string of the molecule is Cc1cccc2cc(CNc3ncnc(N)c3C(=N)c3ccc(F)c(O)c3)n(-c3ccccc3F)c(=O)c12. The van der Waals surface area contributed by atoms with Crippen molar-refractivity contribution in [3.8, 4) is 11.4 Å². The normalized spacial score (nSPS) is 11.0. The van der Waals surface area contributed by atoms with Crippen LogP contribution in [-0.4, -0.2) is 25.4 Å². The number of aromatic hydroxyl groups is 1. The number of hydrogen-bond donors (Lipinski definition) is 4. The lowest BCUT2D eigenvalue weighted by Gasteiger charge is -2.18. The Kier molecular flexibility index (Phi) is 6.29. The van der Waals surface area contributed by atoms with E-state index in [0.717, 1.165) is 17.7 Å². The molecule has 3 aromatic carbocycles. The third kappa shape index (κ3) is 4.32. The second-order valence-corrected chi connectivity index (χ2v) is 8.64. The van der Waals surface area contributed by atoms with Crippen LogP contribution in [0.4, 0.5) is 20.4 Å². The van der Waals surface area contributed by atoms with E-state index >= 15 is 0 Å². The summed E-state index contributed by atoms with van der Waals surface area (Å²) < 4.78 is 29.8. The van der Waals surface area contributed by atoms with Crippen molar-refractivity contribution in [2.45, 2.75) is 13.5 Å². The fraction of sp³-hybridized carbons (Fsp3) is 0.0714. The molecule has 5 N–H and O–H groups in total. The fourth-order valence-electron chi connectivity index (χ4n) is 4.38. The molecule has 190 valence electrons. The van der Waals surface area contributed by atoms with E-state index in [1.165, 1.54) is 29.1 Å². The number of aryl methyl sites for hydroxylation is 1. The van der Waals surface area contributed by atoms with Gasteiger partial charge in [-0.25, -0.2) is 18.7 Å². The van der Waals surface area contributed by atoms with Crippen LogP contribution >= 0.6 is 0 Å². The molecule has 0 saturated heterocycles. The van der Waals surface area contributed by atoms with Crippen LogP contribution in [-0.2, 0) is 6.54 Å². The number of halogens is 2. The Morgan fingerprint density at radius 2 is 1.84 bits per heavy atom. The zero-order valence-electron chi connectivity index (χ0n) is 20.2. The van der Waals surface area contributed by atoms with Crippen molar-refractivity contribution < 1.29 is 13.9 Å². The second-order valence-electron chi connectivity index (χ2n) is 8.64. The van der Waals surface area contributed by atoms with Crippen molar-refractivity contribution in [3.63, 3.8) is 0 Å². The Bertz CT molecular complexity index is 1780. The van der Waals surface area contributed by atoms with Crippen molar-refractivity contribution in [1.82, 2.24) is 14.5 Å². The zero-order valence-corrected chi connectivity index (χ0v) is 20.2. The van der Waals surface area contributed by atoms with Crippen molar-refractivity contribution in [2.75, 3.05) is 11.1 Å². The number of aromatic nitrogens is 3. The highest BCUT2D eigenvalue weighted by molar-refractivity contribution is 6.16. The van der Waals surface area contributed by atoms with E-state index in [4.69, 9.17) is 11.1 Å². The fourth-order valence-corrected chi connectivity index (χ4v) is 4.38.